The van der Waals surface area contributed by atoms with E-state index < -0.39 is 0 Å². The second-order valence-corrected chi connectivity index (χ2v) is 2.80. The quantitative estimate of drug-likeness (QED) is 0.754. The molecule has 0 spiro atoms. The summed E-state index contributed by atoms with van der Waals surface area (Å²) in [5, 5.41) is 3.40. The number of anilines is 1. The fourth-order valence-corrected chi connectivity index (χ4v) is 1.16. The van der Waals surface area contributed by atoms with Crippen molar-refractivity contribution in [3.05, 3.63) is 23.2 Å². The Morgan fingerprint density at radius 3 is 2.92 bits per heavy atom. The van der Waals surface area contributed by atoms with Crippen molar-refractivity contribution >= 4 is 23.6 Å². The number of halogens is 1. The first kappa shape index (κ1) is 9.86. The molecule has 3 nitrogen and oxygen atoms in total. The lowest BCUT2D eigenvalue weighted by Gasteiger charge is -2.06. The van der Waals surface area contributed by atoms with E-state index in [0.717, 1.165) is 12.0 Å². The zero-order valence-corrected chi connectivity index (χ0v) is 7.97. The fourth-order valence-electron chi connectivity index (χ4n) is 0.918. The van der Waals surface area contributed by atoms with Gasteiger partial charge in [-0.3, -0.25) is 0 Å². The fraction of sp³-hybridized carbons (Fsp3) is 0.222. The Hall–Kier alpha value is -1.22. The van der Waals surface area contributed by atoms with Gasteiger partial charge in [0.05, 0.1) is 24.4 Å². The van der Waals surface area contributed by atoms with Gasteiger partial charge in [0.25, 0.3) is 0 Å². The van der Waals surface area contributed by atoms with Crippen molar-refractivity contribution in [2.24, 2.45) is 0 Å². The molecule has 1 N–H and O–H groups in total. The van der Waals surface area contributed by atoms with Crippen LogP contribution in [0.2, 0.25) is 5.02 Å². The molecule has 0 amide bonds. The van der Waals surface area contributed by atoms with Crippen LogP contribution >= 0.6 is 11.6 Å². The summed E-state index contributed by atoms with van der Waals surface area (Å²) in [6, 6.07) is 5.23. The normalized spacial score (nSPS) is 9.38. The van der Waals surface area contributed by atoms with Crippen molar-refractivity contribution in [1.29, 1.82) is 0 Å². The van der Waals surface area contributed by atoms with Crippen molar-refractivity contribution in [3.63, 3.8) is 0 Å². The van der Waals surface area contributed by atoms with E-state index in [0.29, 0.717) is 10.8 Å². The van der Waals surface area contributed by atoms with Crippen LogP contribution in [0.5, 0.6) is 5.75 Å². The van der Waals surface area contributed by atoms with Crippen LogP contribution in [0.15, 0.2) is 18.2 Å². The third kappa shape index (κ3) is 2.63. The van der Waals surface area contributed by atoms with Gasteiger partial charge in [-0.1, -0.05) is 11.6 Å². The minimum Gasteiger partial charge on any atom is -0.497 e. The highest BCUT2D eigenvalue weighted by Gasteiger charge is 2.00. The van der Waals surface area contributed by atoms with Crippen LogP contribution in [0.25, 0.3) is 0 Å². The Morgan fingerprint density at radius 2 is 2.38 bits per heavy atom. The highest BCUT2D eigenvalue weighted by atomic mass is 35.5. The van der Waals surface area contributed by atoms with Crippen LogP contribution < -0.4 is 10.1 Å². The lowest BCUT2D eigenvalue weighted by atomic mass is 10.3. The molecule has 1 aromatic rings. The number of rotatable bonds is 4. The van der Waals surface area contributed by atoms with Crippen LogP contribution in [-0.4, -0.2) is 19.9 Å². The van der Waals surface area contributed by atoms with E-state index in [9.17, 15) is 4.79 Å². The monoisotopic (exact) mass is 199 g/mol. The summed E-state index contributed by atoms with van der Waals surface area (Å²) in [4.78, 5) is 10.1. The van der Waals surface area contributed by atoms with Crippen LogP contribution in [0.4, 0.5) is 5.69 Å². The summed E-state index contributed by atoms with van der Waals surface area (Å²) < 4.78 is 4.97. The Labute approximate surface area is 81.7 Å². The maximum Gasteiger partial charge on any atom is 0.139 e. The maximum atomic E-state index is 10.1. The van der Waals surface area contributed by atoms with Gasteiger partial charge in [0.1, 0.15) is 12.0 Å². The van der Waals surface area contributed by atoms with Gasteiger partial charge in [0.2, 0.25) is 0 Å². The van der Waals surface area contributed by atoms with Crippen molar-refractivity contribution < 1.29 is 9.53 Å². The Bertz CT molecular complexity index is 302. The zero-order chi connectivity index (χ0) is 9.68. The molecule has 0 radical (unpaired) electrons. The molecular formula is C9H10ClNO2. The minimum atomic E-state index is 0.256. The Kier molecular flexibility index (Phi) is 3.58. The van der Waals surface area contributed by atoms with Gasteiger partial charge in [-0.15, -0.1) is 0 Å². The molecule has 0 heterocycles. The first-order valence-electron chi connectivity index (χ1n) is 3.79. The summed E-state index contributed by atoms with van der Waals surface area (Å²) >= 11 is 5.89. The second-order valence-electron chi connectivity index (χ2n) is 2.39. The van der Waals surface area contributed by atoms with E-state index in [2.05, 4.69) is 5.32 Å². The summed E-state index contributed by atoms with van der Waals surface area (Å²) in [7, 11) is 1.57. The minimum absolute atomic E-state index is 0.256. The molecule has 0 fully saturated rings. The van der Waals surface area contributed by atoms with E-state index in [1.165, 1.54) is 0 Å². The molecule has 70 valence electrons. The SMILES string of the molecule is COc1ccc(NCC=O)c(Cl)c1. The van der Waals surface area contributed by atoms with Gasteiger partial charge < -0.3 is 14.8 Å². The second kappa shape index (κ2) is 4.72. The van der Waals surface area contributed by atoms with Crippen LogP contribution in [0.1, 0.15) is 0 Å². The molecule has 4 heteroatoms. The summed E-state index contributed by atoms with van der Waals surface area (Å²) in [5.41, 5.74) is 0.731. The molecule has 0 bridgehead atoms. The molecule has 0 saturated heterocycles. The predicted octanol–water partition coefficient (Wildman–Crippen LogP) is 1.96. The highest BCUT2D eigenvalue weighted by Crippen LogP contribution is 2.26. The van der Waals surface area contributed by atoms with Gasteiger partial charge in [-0.25, -0.2) is 0 Å². The van der Waals surface area contributed by atoms with Gasteiger partial charge in [0, 0.05) is 6.07 Å². The number of carbonyl (C=O) groups is 1. The molecular weight excluding hydrogens is 190 g/mol. The van der Waals surface area contributed by atoms with Crippen molar-refractivity contribution in [3.8, 4) is 5.75 Å². The number of nitrogens with one attached hydrogen (secondary N) is 1. The molecule has 0 aromatic heterocycles. The Balaban J connectivity index is 2.78. The third-order valence-corrected chi connectivity index (χ3v) is 1.86. The molecule has 0 saturated carbocycles. The smallest absolute Gasteiger partial charge is 0.139 e. The first-order chi connectivity index (χ1) is 6.27. The number of benzene rings is 1. The lowest BCUT2D eigenvalue weighted by molar-refractivity contribution is -0.106. The number of hydrogen-bond acceptors (Lipinski definition) is 3. The molecule has 1 aromatic carbocycles. The van der Waals surface area contributed by atoms with Gasteiger partial charge in [-0.05, 0) is 12.1 Å². The largest absolute Gasteiger partial charge is 0.497 e. The third-order valence-electron chi connectivity index (χ3n) is 1.55. The molecule has 1 rings (SSSR count). The zero-order valence-electron chi connectivity index (χ0n) is 7.21. The van der Waals surface area contributed by atoms with Crippen molar-refractivity contribution in [1.82, 2.24) is 0 Å². The lowest BCUT2D eigenvalue weighted by Crippen LogP contribution is -2.02. The van der Waals surface area contributed by atoms with Gasteiger partial charge in [0.15, 0.2) is 0 Å². The van der Waals surface area contributed by atoms with Crippen LogP contribution in [0.3, 0.4) is 0 Å². The number of ether oxygens (including phenoxy) is 1. The molecule has 13 heavy (non-hydrogen) atoms. The Morgan fingerprint density at radius 1 is 1.62 bits per heavy atom. The summed E-state index contributed by atoms with van der Waals surface area (Å²) in [6.07, 6.45) is 0.778. The van der Waals surface area contributed by atoms with Crippen molar-refractivity contribution in [2.45, 2.75) is 0 Å². The average Bonchev–Trinajstić information content (AvgIpc) is 2.16. The van der Waals surface area contributed by atoms with E-state index in [1.807, 2.05) is 0 Å². The summed E-state index contributed by atoms with van der Waals surface area (Å²) in [6.45, 7) is 0.256. The number of carbonyl (C=O) groups excluding carboxylic acids is 1. The maximum absolute atomic E-state index is 10.1. The van der Waals surface area contributed by atoms with Gasteiger partial charge in [-0.2, -0.15) is 0 Å². The van der Waals surface area contributed by atoms with E-state index in [-0.39, 0.29) is 6.54 Å². The standard InChI is InChI=1S/C9H10ClNO2/c1-13-7-2-3-9(8(10)6-7)11-4-5-12/h2-3,5-6,11H,4H2,1H3. The first-order valence-corrected chi connectivity index (χ1v) is 4.16. The number of aldehydes is 1. The summed E-state index contributed by atoms with van der Waals surface area (Å²) in [5.74, 6) is 0.696. The van der Waals surface area contributed by atoms with E-state index >= 15 is 0 Å². The van der Waals surface area contributed by atoms with Crippen LogP contribution in [-0.2, 0) is 4.79 Å². The highest BCUT2D eigenvalue weighted by molar-refractivity contribution is 6.33. The average molecular weight is 200 g/mol. The molecule has 0 aliphatic heterocycles. The van der Waals surface area contributed by atoms with Crippen molar-refractivity contribution in [2.75, 3.05) is 19.0 Å². The molecule has 0 aliphatic carbocycles. The van der Waals surface area contributed by atoms with Crippen LogP contribution in [0, 0.1) is 0 Å². The molecule has 0 aliphatic rings. The predicted molar refractivity (Wildman–Crippen MR) is 52.6 cm³/mol. The molecule has 0 atom stereocenters. The topological polar surface area (TPSA) is 38.3 Å². The number of methoxy groups -OCH3 is 1. The number of hydrogen-bond donors (Lipinski definition) is 1. The van der Waals surface area contributed by atoms with E-state index in [4.69, 9.17) is 16.3 Å². The van der Waals surface area contributed by atoms with E-state index in [1.54, 1.807) is 25.3 Å². The van der Waals surface area contributed by atoms with Gasteiger partial charge >= 0.3 is 0 Å². The molecule has 0 unspecified atom stereocenters.